The molecule has 0 spiro atoms. The van der Waals surface area contributed by atoms with E-state index >= 15 is 0 Å². The zero-order valence-corrected chi connectivity index (χ0v) is 13.4. The van der Waals surface area contributed by atoms with E-state index in [1.165, 1.54) is 24.2 Å². The Kier molecular flexibility index (Phi) is 4.88. The number of nitrogens with one attached hydrogen (secondary N) is 1. The molecule has 1 fully saturated rings. The molecule has 1 aromatic rings. The van der Waals surface area contributed by atoms with Crippen molar-refractivity contribution in [3.63, 3.8) is 0 Å². The first kappa shape index (κ1) is 15.8. The third-order valence-corrected chi connectivity index (χ3v) is 5.29. The number of amides is 1. The molecule has 1 aliphatic rings. The maximum absolute atomic E-state index is 11.9. The number of thiophene rings is 1. The van der Waals surface area contributed by atoms with Crippen molar-refractivity contribution in [1.82, 2.24) is 0 Å². The lowest BCUT2D eigenvalue weighted by atomic mass is 9.87. The fourth-order valence-corrected chi connectivity index (χ4v) is 3.96. The van der Waals surface area contributed by atoms with Gasteiger partial charge in [-0.3, -0.25) is 9.59 Å². The topological polar surface area (TPSA) is 98.2 Å². The van der Waals surface area contributed by atoms with E-state index < -0.39 is 5.91 Å². The normalized spacial score (nSPS) is 22.0. The predicted molar refractivity (Wildman–Crippen MR) is 86.9 cm³/mol. The maximum atomic E-state index is 11.9. The number of carbonyl (C=O) groups is 2. The molecular weight excluding hydrogens is 286 g/mol. The Morgan fingerprint density at radius 3 is 2.43 bits per heavy atom. The number of Topliss-reactive ketones (excluding diaryl/α,β-unsaturated/α-hetero) is 1. The third kappa shape index (κ3) is 3.37. The standard InChI is InChI=1S/C15H23N3O2S/c1-3-10(19)13-12(16)11(14(17)20)15(21-13)18-9-6-4-8(2)5-7-9/h8-9,18H,3-7,16H2,1-2H3,(H2,17,20). The molecule has 1 heterocycles. The van der Waals surface area contributed by atoms with Gasteiger partial charge < -0.3 is 16.8 Å². The summed E-state index contributed by atoms with van der Waals surface area (Å²) in [6.07, 6.45) is 4.84. The predicted octanol–water partition coefficient (Wildman–Crippen LogP) is 3.01. The molecule has 5 N–H and O–H groups in total. The molecule has 0 atom stereocenters. The molecule has 1 amide bonds. The number of primary amides is 1. The molecule has 1 aliphatic carbocycles. The molecule has 0 radical (unpaired) electrons. The minimum absolute atomic E-state index is 0.0506. The van der Waals surface area contributed by atoms with Crippen molar-refractivity contribution in [2.75, 3.05) is 11.1 Å². The Bertz CT molecular complexity index is 545. The van der Waals surface area contributed by atoms with E-state index in [1.807, 2.05) is 0 Å². The number of carbonyl (C=O) groups excluding carboxylic acids is 2. The van der Waals surface area contributed by atoms with E-state index in [0.29, 0.717) is 22.3 Å². The van der Waals surface area contributed by atoms with Crippen LogP contribution in [-0.4, -0.2) is 17.7 Å². The minimum atomic E-state index is -0.578. The summed E-state index contributed by atoms with van der Waals surface area (Å²) in [5.41, 5.74) is 11.9. The monoisotopic (exact) mass is 309 g/mol. The van der Waals surface area contributed by atoms with Crippen LogP contribution in [0.25, 0.3) is 0 Å². The number of nitrogens with two attached hydrogens (primary N) is 2. The van der Waals surface area contributed by atoms with Crippen LogP contribution in [0.1, 0.15) is 66.0 Å². The highest BCUT2D eigenvalue weighted by Crippen LogP contribution is 2.38. The largest absolute Gasteiger partial charge is 0.397 e. The summed E-state index contributed by atoms with van der Waals surface area (Å²) in [5, 5.41) is 4.03. The van der Waals surface area contributed by atoms with Gasteiger partial charge in [0.2, 0.25) is 0 Å². The molecule has 0 aromatic carbocycles. The van der Waals surface area contributed by atoms with Crippen molar-refractivity contribution in [3.05, 3.63) is 10.4 Å². The van der Waals surface area contributed by atoms with Crippen LogP contribution >= 0.6 is 11.3 Å². The number of ketones is 1. The van der Waals surface area contributed by atoms with Crippen molar-refractivity contribution in [1.29, 1.82) is 0 Å². The van der Waals surface area contributed by atoms with Gasteiger partial charge in [-0.1, -0.05) is 13.8 Å². The summed E-state index contributed by atoms with van der Waals surface area (Å²) in [6.45, 7) is 4.03. The average molecular weight is 309 g/mol. The van der Waals surface area contributed by atoms with Crippen molar-refractivity contribution in [2.45, 2.75) is 52.0 Å². The maximum Gasteiger partial charge on any atom is 0.253 e. The van der Waals surface area contributed by atoms with Crippen LogP contribution in [0.2, 0.25) is 0 Å². The Hall–Kier alpha value is -1.56. The lowest BCUT2D eigenvalue weighted by molar-refractivity contribution is 0.0991. The van der Waals surface area contributed by atoms with Crippen LogP contribution in [0.4, 0.5) is 10.7 Å². The van der Waals surface area contributed by atoms with Crippen LogP contribution in [-0.2, 0) is 0 Å². The molecular formula is C15H23N3O2S. The van der Waals surface area contributed by atoms with E-state index in [4.69, 9.17) is 11.5 Å². The van der Waals surface area contributed by atoms with Gasteiger partial charge >= 0.3 is 0 Å². The first-order chi connectivity index (χ1) is 9.93. The van der Waals surface area contributed by atoms with E-state index in [2.05, 4.69) is 12.2 Å². The zero-order valence-electron chi connectivity index (χ0n) is 12.6. The van der Waals surface area contributed by atoms with Crippen LogP contribution in [0, 0.1) is 5.92 Å². The van der Waals surface area contributed by atoms with Crippen molar-refractivity contribution in [3.8, 4) is 0 Å². The summed E-state index contributed by atoms with van der Waals surface area (Å²) in [6, 6.07) is 0.321. The average Bonchev–Trinajstić information content (AvgIpc) is 2.77. The molecule has 1 aromatic heterocycles. The first-order valence-corrected chi connectivity index (χ1v) is 8.27. The van der Waals surface area contributed by atoms with Crippen LogP contribution in [0.5, 0.6) is 0 Å². The van der Waals surface area contributed by atoms with Crippen LogP contribution < -0.4 is 16.8 Å². The Morgan fingerprint density at radius 1 is 1.29 bits per heavy atom. The molecule has 0 aliphatic heterocycles. The van der Waals surface area contributed by atoms with E-state index in [-0.39, 0.29) is 17.0 Å². The number of rotatable bonds is 5. The quantitative estimate of drug-likeness (QED) is 0.728. The number of anilines is 2. The number of hydrogen-bond donors (Lipinski definition) is 3. The van der Waals surface area contributed by atoms with Gasteiger partial charge in [-0.25, -0.2) is 0 Å². The molecule has 116 valence electrons. The van der Waals surface area contributed by atoms with Gasteiger partial charge in [-0.05, 0) is 31.6 Å². The van der Waals surface area contributed by atoms with Gasteiger partial charge in [-0.15, -0.1) is 11.3 Å². The Balaban J connectivity index is 2.25. The zero-order chi connectivity index (χ0) is 15.6. The second kappa shape index (κ2) is 6.47. The van der Waals surface area contributed by atoms with Gasteiger partial charge in [0.1, 0.15) is 5.00 Å². The fraction of sp³-hybridized carbons (Fsp3) is 0.600. The second-order valence-corrected chi connectivity index (χ2v) is 6.81. The summed E-state index contributed by atoms with van der Waals surface area (Å²) in [7, 11) is 0. The molecule has 6 heteroatoms. The van der Waals surface area contributed by atoms with Gasteiger partial charge in [-0.2, -0.15) is 0 Å². The molecule has 2 rings (SSSR count). The van der Waals surface area contributed by atoms with Crippen LogP contribution in [0.3, 0.4) is 0 Å². The van der Waals surface area contributed by atoms with Crippen LogP contribution in [0.15, 0.2) is 0 Å². The lowest BCUT2D eigenvalue weighted by Gasteiger charge is -2.27. The summed E-state index contributed by atoms with van der Waals surface area (Å²) in [4.78, 5) is 24.0. The van der Waals surface area contributed by atoms with Gasteiger partial charge in [0.25, 0.3) is 5.91 Å². The second-order valence-electron chi connectivity index (χ2n) is 5.79. The highest BCUT2D eigenvalue weighted by molar-refractivity contribution is 7.19. The Morgan fingerprint density at radius 2 is 1.90 bits per heavy atom. The molecule has 0 saturated heterocycles. The van der Waals surface area contributed by atoms with Gasteiger partial charge in [0.05, 0.1) is 16.1 Å². The molecule has 0 bridgehead atoms. The van der Waals surface area contributed by atoms with Crippen molar-refractivity contribution >= 4 is 33.7 Å². The third-order valence-electron chi connectivity index (χ3n) is 4.12. The van der Waals surface area contributed by atoms with Gasteiger partial charge in [0, 0.05) is 12.5 Å². The number of hydrogen-bond acceptors (Lipinski definition) is 5. The number of nitrogen functional groups attached to an aromatic ring is 1. The fourth-order valence-electron chi connectivity index (χ4n) is 2.75. The summed E-state index contributed by atoms with van der Waals surface area (Å²) >= 11 is 1.26. The molecule has 21 heavy (non-hydrogen) atoms. The molecule has 1 saturated carbocycles. The lowest BCUT2D eigenvalue weighted by Crippen LogP contribution is -2.26. The van der Waals surface area contributed by atoms with E-state index in [0.717, 1.165) is 18.8 Å². The highest BCUT2D eigenvalue weighted by Gasteiger charge is 2.26. The molecule has 0 unspecified atom stereocenters. The smallest absolute Gasteiger partial charge is 0.253 e. The summed E-state index contributed by atoms with van der Waals surface area (Å²) < 4.78 is 0. The summed E-state index contributed by atoms with van der Waals surface area (Å²) in [5.74, 6) is 0.125. The van der Waals surface area contributed by atoms with E-state index in [9.17, 15) is 9.59 Å². The first-order valence-electron chi connectivity index (χ1n) is 7.45. The SMILES string of the molecule is CCC(=O)c1sc(NC2CCC(C)CC2)c(C(N)=O)c1N. The molecule has 5 nitrogen and oxygen atoms in total. The van der Waals surface area contributed by atoms with Gasteiger partial charge in [0.15, 0.2) is 5.78 Å². The highest BCUT2D eigenvalue weighted by atomic mass is 32.1. The Labute approximate surface area is 129 Å². The van der Waals surface area contributed by atoms with Crippen molar-refractivity contribution in [2.24, 2.45) is 11.7 Å². The minimum Gasteiger partial charge on any atom is -0.397 e. The van der Waals surface area contributed by atoms with Crippen molar-refractivity contribution < 1.29 is 9.59 Å². The van der Waals surface area contributed by atoms with E-state index in [1.54, 1.807) is 6.92 Å².